The molecule has 2 rings (SSSR count). The first-order chi connectivity index (χ1) is 9.61. The van der Waals surface area contributed by atoms with Crippen LogP contribution >= 0.6 is 0 Å². The lowest BCUT2D eigenvalue weighted by molar-refractivity contribution is -0.117. The van der Waals surface area contributed by atoms with Crippen LogP contribution in [0.4, 0.5) is 11.4 Å². The van der Waals surface area contributed by atoms with Crippen molar-refractivity contribution in [2.24, 2.45) is 0 Å². The minimum absolute atomic E-state index is 0.0418. The third-order valence-electron chi connectivity index (χ3n) is 3.45. The first kappa shape index (κ1) is 14.5. The molecule has 0 unspecified atom stereocenters. The van der Waals surface area contributed by atoms with Crippen molar-refractivity contribution in [2.45, 2.75) is 32.6 Å². The predicted molar refractivity (Wildman–Crippen MR) is 77.7 cm³/mol. The molecule has 1 heterocycles. The number of aliphatic hydroxyl groups excluding tert-OH is 1. The Morgan fingerprint density at radius 1 is 1.35 bits per heavy atom. The van der Waals surface area contributed by atoms with E-state index in [1.54, 1.807) is 11.8 Å². The van der Waals surface area contributed by atoms with E-state index in [0.29, 0.717) is 25.8 Å². The van der Waals surface area contributed by atoms with Crippen molar-refractivity contribution < 1.29 is 14.7 Å². The average molecular weight is 276 g/mol. The van der Waals surface area contributed by atoms with Gasteiger partial charge in [0.05, 0.1) is 0 Å². The zero-order valence-corrected chi connectivity index (χ0v) is 11.7. The molecule has 0 atom stereocenters. The number of nitrogens with zero attached hydrogens (tertiary/aromatic N) is 1. The van der Waals surface area contributed by atoms with Crippen LogP contribution in [0, 0.1) is 0 Å². The first-order valence-corrected chi connectivity index (χ1v) is 6.93. The molecule has 1 aromatic rings. The Kier molecular flexibility index (Phi) is 4.74. The number of anilines is 2. The molecule has 20 heavy (non-hydrogen) atoms. The number of nitrogens with one attached hydrogen (secondary N) is 1. The Bertz CT molecular complexity index is 514. The fourth-order valence-electron chi connectivity index (χ4n) is 2.43. The number of benzene rings is 1. The molecule has 0 radical (unpaired) electrons. The predicted octanol–water partition coefficient (Wildman–Crippen LogP) is 1.70. The number of hydrogen-bond donors (Lipinski definition) is 2. The van der Waals surface area contributed by atoms with Crippen LogP contribution in [-0.4, -0.2) is 30.1 Å². The molecule has 2 N–H and O–H groups in total. The molecule has 0 fully saturated rings. The van der Waals surface area contributed by atoms with E-state index >= 15 is 0 Å². The summed E-state index contributed by atoms with van der Waals surface area (Å²) >= 11 is 0. The normalized spacial score (nSPS) is 13.2. The third kappa shape index (κ3) is 3.36. The molecular formula is C15H20N2O3. The molecule has 1 aromatic carbocycles. The monoisotopic (exact) mass is 276 g/mol. The van der Waals surface area contributed by atoms with E-state index in [4.69, 9.17) is 5.11 Å². The van der Waals surface area contributed by atoms with Gasteiger partial charge in [-0.25, -0.2) is 0 Å². The number of unbranched alkanes of at least 4 members (excludes halogenated alkanes) is 1. The Hall–Kier alpha value is -1.88. The van der Waals surface area contributed by atoms with Crippen LogP contribution in [0.5, 0.6) is 0 Å². The highest BCUT2D eigenvalue weighted by atomic mass is 16.3. The van der Waals surface area contributed by atoms with Crippen LogP contribution in [0.25, 0.3) is 0 Å². The maximum Gasteiger partial charge on any atom is 0.224 e. The van der Waals surface area contributed by atoms with E-state index in [2.05, 4.69) is 5.32 Å². The summed E-state index contributed by atoms with van der Waals surface area (Å²) in [5, 5.41) is 11.5. The van der Waals surface area contributed by atoms with Gasteiger partial charge >= 0.3 is 0 Å². The molecule has 0 saturated heterocycles. The highest BCUT2D eigenvalue weighted by molar-refractivity contribution is 5.95. The molecule has 0 aromatic heterocycles. The van der Waals surface area contributed by atoms with E-state index < -0.39 is 0 Å². The van der Waals surface area contributed by atoms with Crippen molar-refractivity contribution in [3.05, 3.63) is 23.8 Å². The quantitative estimate of drug-likeness (QED) is 0.804. The van der Waals surface area contributed by atoms with Gasteiger partial charge in [0.25, 0.3) is 0 Å². The van der Waals surface area contributed by atoms with Crippen LogP contribution in [0.2, 0.25) is 0 Å². The molecule has 0 spiro atoms. The molecule has 1 aliphatic heterocycles. The molecule has 5 nitrogen and oxygen atoms in total. The van der Waals surface area contributed by atoms with Gasteiger partial charge in [0.1, 0.15) is 0 Å². The number of fused-ring (bicyclic) bond motifs is 1. The summed E-state index contributed by atoms with van der Waals surface area (Å²) < 4.78 is 0. The van der Waals surface area contributed by atoms with Crippen LogP contribution < -0.4 is 10.2 Å². The Balaban J connectivity index is 1.98. The van der Waals surface area contributed by atoms with Gasteiger partial charge in [-0.3, -0.25) is 9.59 Å². The lowest BCUT2D eigenvalue weighted by atomic mass is 10.1. The first-order valence-electron chi connectivity index (χ1n) is 6.93. The number of aliphatic hydroxyl groups is 1. The van der Waals surface area contributed by atoms with Gasteiger partial charge in [-0.1, -0.05) is 0 Å². The molecule has 0 bridgehead atoms. The molecular weight excluding hydrogens is 256 g/mol. The largest absolute Gasteiger partial charge is 0.396 e. The Morgan fingerprint density at radius 2 is 2.15 bits per heavy atom. The standard InChI is InChI=1S/C15H20N2O3/c1-11(19)17-8-7-12-10-13(5-6-14(12)17)16-15(20)4-2-3-9-18/h5-6,10,18H,2-4,7-9H2,1H3,(H,16,20). The molecule has 2 amide bonds. The van der Waals surface area contributed by atoms with Crippen LogP contribution in [0.3, 0.4) is 0 Å². The average Bonchev–Trinajstić information content (AvgIpc) is 2.82. The lowest BCUT2D eigenvalue weighted by Gasteiger charge is -2.15. The summed E-state index contributed by atoms with van der Waals surface area (Å²) in [6.07, 6.45) is 2.57. The second-order valence-electron chi connectivity index (χ2n) is 4.99. The zero-order valence-electron chi connectivity index (χ0n) is 11.7. The molecule has 0 saturated carbocycles. The van der Waals surface area contributed by atoms with Crippen molar-refractivity contribution in [3.63, 3.8) is 0 Å². The Labute approximate surface area is 118 Å². The SMILES string of the molecule is CC(=O)N1CCc2cc(NC(=O)CCCCO)ccc21. The van der Waals surface area contributed by atoms with Gasteiger partial charge in [0.15, 0.2) is 0 Å². The van der Waals surface area contributed by atoms with Crippen molar-refractivity contribution in [2.75, 3.05) is 23.4 Å². The van der Waals surface area contributed by atoms with Gasteiger partial charge in [0.2, 0.25) is 11.8 Å². The van der Waals surface area contributed by atoms with Gasteiger partial charge in [-0.2, -0.15) is 0 Å². The zero-order chi connectivity index (χ0) is 14.5. The number of hydrogen-bond acceptors (Lipinski definition) is 3. The summed E-state index contributed by atoms with van der Waals surface area (Å²) in [6.45, 7) is 2.39. The summed E-state index contributed by atoms with van der Waals surface area (Å²) in [6, 6.07) is 5.64. The number of amides is 2. The topological polar surface area (TPSA) is 69.6 Å². The smallest absolute Gasteiger partial charge is 0.224 e. The van der Waals surface area contributed by atoms with E-state index in [0.717, 1.165) is 23.4 Å². The van der Waals surface area contributed by atoms with Crippen molar-refractivity contribution >= 4 is 23.2 Å². The fourth-order valence-corrected chi connectivity index (χ4v) is 2.43. The maximum absolute atomic E-state index is 11.7. The van der Waals surface area contributed by atoms with Gasteiger partial charge in [-0.15, -0.1) is 0 Å². The van der Waals surface area contributed by atoms with E-state index in [1.807, 2.05) is 18.2 Å². The number of rotatable bonds is 5. The summed E-state index contributed by atoms with van der Waals surface area (Å²) in [5.74, 6) is 0.00404. The maximum atomic E-state index is 11.7. The fraction of sp³-hybridized carbons (Fsp3) is 0.467. The van der Waals surface area contributed by atoms with Crippen molar-refractivity contribution in [1.29, 1.82) is 0 Å². The van der Waals surface area contributed by atoms with Gasteiger partial charge < -0.3 is 15.3 Å². The van der Waals surface area contributed by atoms with Crippen molar-refractivity contribution in [1.82, 2.24) is 0 Å². The Morgan fingerprint density at radius 3 is 2.85 bits per heavy atom. The van der Waals surface area contributed by atoms with E-state index in [1.165, 1.54) is 0 Å². The minimum Gasteiger partial charge on any atom is -0.396 e. The van der Waals surface area contributed by atoms with Crippen LogP contribution in [0.15, 0.2) is 18.2 Å². The number of carbonyl (C=O) groups excluding carboxylic acids is 2. The van der Waals surface area contributed by atoms with Gasteiger partial charge in [-0.05, 0) is 43.0 Å². The van der Waals surface area contributed by atoms with Gasteiger partial charge in [0, 0.05) is 37.9 Å². The summed E-state index contributed by atoms with van der Waals surface area (Å²) in [5.41, 5.74) is 2.80. The molecule has 0 aliphatic carbocycles. The number of carbonyl (C=O) groups is 2. The summed E-state index contributed by atoms with van der Waals surface area (Å²) in [7, 11) is 0. The third-order valence-corrected chi connectivity index (χ3v) is 3.45. The lowest BCUT2D eigenvalue weighted by Crippen LogP contribution is -2.25. The second kappa shape index (κ2) is 6.52. The van der Waals surface area contributed by atoms with E-state index in [9.17, 15) is 9.59 Å². The molecule has 1 aliphatic rings. The van der Waals surface area contributed by atoms with Crippen LogP contribution in [0.1, 0.15) is 31.7 Å². The minimum atomic E-state index is -0.0418. The van der Waals surface area contributed by atoms with Crippen LogP contribution in [-0.2, 0) is 16.0 Å². The second-order valence-corrected chi connectivity index (χ2v) is 4.99. The summed E-state index contributed by atoms with van der Waals surface area (Å²) in [4.78, 5) is 24.9. The highest BCUT2D eigenvalue weighted by Gasteiger charge is 2.22. The van der Waals surface area contributed by atoms with E-state index in [-0.39, 0.29) is 18.4 Å². The highest BCUT2D eigenvalue weighted by Crippen LogP contribution is 2.30. The molecule has 5 heteroatoms. The molecule has 108 valence electrons. The van der Waals surface area contributed by atoms with Crippen molar-refractivity contribution in [3.8, 4) is 0 Å².